The fourth-order valence-corrected chi connectivity index (χ4v) is 2.91. The van der Waals surface area contributed by atoms with Crippen molar-refractivity contribution in [3.05, 3.63) is 30.5 Å². The molecule has 0 amide bonds. The standard InChI is InChI=1S/C13H15N3S/c1-2-6-11-10(5-1)12(9-16-11)17-13-14-7-3-4-8-15-13/h1-2,5-6,9,16H,3-4,7-8H2,(H,14,15). The molecule has 1 aliphatic heterocycles. The first-order valence-corrected chi connectivity index (χ1v) is 6.77. The van der Waals surface area contributed by atoms with E-state index in [4.69, 9.17) is 0 Å². The number of hydrogen-bond acceptors (Lipinski definition) is 3. The van der Waals surface area contributed by atoms with E-state index in [1.165, 1.54) is 28.6 Å². The van der Waals surface area contributed by atoms with Gasteiger partial charge in [-0.1, -0.05) is 30.0 Å². The van der Waals surface area contributed by atoms with Crippen LogP contribution in [0.4, 0.5) is 0 Å². The largest absolute Gasteiger partial charge is 0.365 e. The van der Waals surface area contributed by atoms with Gasteiger partial charge in [-0.25, -0.2) is 0 Å². The summed E-state index contributed by atoms with van der Waals surface area (Å²) < 4.78 is 0. The molecule has 0 saturated carbocycles. The molecular weight excluding hydrogens is 230 g/mol. The minimum absolute atomic E-state index is 0.942. The molecule has 0 aliphatic carbocycles. The van der Waals surface area contributed by atoms with Crippen LogP contribution >= 0.6 is 11.8 Å². The number of hydrogen-bond donors (Lipinski definition) is 2. The van der Waals surface area contributed by atoms with Gasteiger partial charge in [-0.15, -0.1) is 0 Å². The van der Waals surface area contributed by atoms with Crippen molar-refractivity contribution in [2.24, 2.45) is 4.99 Å². The number of rotatable bonds is 1. The third kappa shape index (κ3) is 2.31. The fourth-order valence-electron chi connectivity index (χ4n) is 1.97. The van der Waals surface area contributed by atoms with Crippen molar-refractivity contribution in [1.82, 2.24) is 10.3 Å². The van der Waals surface area contributed by atoms with Crippen LogP contribution in [0.1, 0.15) is 12.8 Å². The number of aromatic amines is 1. The van der Waals surface area contributed by atoms with Crippen molar-refractivity contribution in [3.8, 4) is 0 Å². The Bertz CT molecular complexity index is 544. The molecule has 3 rings (SSSR count). The Morgan fingerprint density at radius 1 is 1.18 bits per heavy atom. The Labute approximate surface area is 105 Å². The van der Waals surface area contributed by atoms with Crippen molar-refractivity contribution in [2.75, 3.05) is 13.1 Å². The lowest BCUT2D eigenvalue weighted by atomic mass is 10.2. The molecule has 3 nitrogen and oxygen atoms in total. The maximum Gasteiger partial charge on any atom is 0.161 e. The van der Waals surface area contributed by atoms with Crippen LogP contribution in [0, 0.1) is 0 Å². The van der Waals surface area contributed by atoms with Crippen molar-refractivity contribution < 1.29 is 0 Å². The van der Waals surface area contributed by atoms with Gasteiger partial charge in [-0.2, -0.15) is 0 Å². The van der Waals surface area contributed by atoms with Gasteiger partial charge in [0, 0.05) is 35.1 Å². The lowest BCUT2D eigenvalue weighted by molar-refractivity contribution is 0.750. The predicted molar refractivity (Wildman–Crippen MR) is 73.7 cm³/mol. The second-order valence-corrected chi connectivity index (χ2v) is 5.15. The van der Waals surface area contributed by atoms with Gasteiger partial charge in [0.25, 0.3) is 0 Å². The summed E-state index contributed by atoms with van der Waals surface area (Å²) in [5.41, 5.74) is 1.18. The molecule has 2 aromatic rings. The molecule has 0 spiro atoms. The van der Waals surface area contributed by atoms with Crippen LogP contribution in [0.2, 0.25) is 0 Å². The number of para-hydroxylation sites is 1. The quantitative estimate of drug-likeness (QED) is 0.811. The summed E-state index contributed by atoms with van der Waals surface area (Å²) in [7, 11) is 0. The molecule has 1 aliphatic rings. The molecule has 2 N–H and O–H groups in total. The highest BCUT2D eigenvalue weighted by Crippen LogP contribution is 2.28. The highest BCUT2D eigenvalue weighted by molar-refractivity contribution is 8.14. The van der Waals surface area contributed by atoms with Crippen LogP contribution < -0.4 is 5.32 Å². The van der Waals surface area contributed by atoms with Crippen LogP contribution in [-0.2, 0) is 0 Å². The second kappa shape index (κ2) is 4.84. The van der Waals surface area contributed by atoms with Gasteiger partial charge in [-0.05, 0) is 18.9 Å². The summed E-state index contributed by atoms with van der Waals surface area (Å²) in [6.07, 6.45) is 4.46. The van der Waals surface area contributed by atoms with Crippen LogP contribution in [0.5, 0.6) is 0 Å². The number of nitrogens with zero attached hydrogens (tertiary/aromatic N) is 1. The summed E-state index contributed by atoms with van der Waals surface area (Å²) in [6.45, 7) is 1.98. The SMILES string of the molecule is c1ccc2c(SC3=NCCCCN3)c[nH]c2c1. The summed E-state index contributed by atoms with van der Waals surface area (Å²) >= 11 is 1.72. The van der Waals surface area contributed by atoms with Gasteiger partial charge in [-0.3, -0.25) is 4.99 Å². The molecule has 0 fully saturated rings. The van der Waals surface area contributed by atoms with Gasteiger partial charge < -0.3 is 10.3 Å². The van der Waals surface area contributed by atoms with Crippen LogP contribution in [0.3, 0.4) is 0 Å². The number of benzene rings is 1. The normalized spacial score (nSPS) is 16.4. The number of nitrogens with one attached hydrogen (secondary N) is 2. The van der Waals surface area contributed by atoms with Crippen molar-refractivity contribution in [2.45, 2.75) is 17.7 Å². The molecule has 2 heterocycles. The number of aliphatic imine (C=N–C) groups is 1. The molecule has 1 aromatic heterocycles. The minimum atomic E-state index is 0.942. The van der Waals surface area contributed by atoms with Crippen LogP contribution in [0.25, 0.3) is 10.9 Å². The average Bonchev–Trinajstić information content (AvgIpc) is 2.59. The summed E-state index contributed by atoms with van der Waals surface area (Å²) in [4.78, 5) is 9.09. The van der Waals surface area contributed by atoms with E-state index < -0.39 is 0 Å². The van der Waals surface area contributed by atoms with E-state index in [1.54, 1.807) is 11.8 Å². The Hall–Kier alpha value is -1.42. The fraction of sp³-hybridized carbons (Fsp3) is 0.308. The number of fused-ring (bicyclic) bond motifs is 1. The number of amidine groups is 1. The summed E-state index contributed by atoms with van der Waals surface area (Å²) in [6, 6.07) is 8.37. The average molecular weight is 245 g/mol. The van der Waals surface area contributed by atoms with Gasteiger partial charge in [0.05, 0.1) is 0 Å². The summed E-state index contributed by atoms with van der Waals surface area (Å²) in [5, 5.41) is 5.70. The number of aromatic nitrogens is 1. The maximum atomic E-state index is 4.56. The molecule has 1 aromatic carbocycles. The van der Waals surface area contributed by atoms with Gasteiger partial charge in [0.2, 0.25) is 0 Å². The first-order chi connectivity index (χ1) is 8.43. The molecule has 0 atom stereocenters. The van der Waals surface area contributed by atoms with Crippen molar-refractivity contribution >= 4 is 27.8 Å². The molecule has 4 heteroatoms. The third-order valence-electron chi connectivity index (χ3n) is 2.87. The molecule has 0 unspecified atom stereocenters. The van der Waals surface area contributed by atoms with E-state index in [1.807, 2.05) is 0 Å². The van der Waals surface area contributed by atoms with E-state index in [0.717, 1.165) is 18.3 Å². The van der Waals surface area contributed by atoms with E-state index in [9.17, 15) is 0 Å². The van der Waals surface area contributed by atoms with Gasteiger partial charge in [0.1, 0.15) is 0 Å². The zero-order chi connectivity index (χ0) is 11.5. The Balaban J connectivity index is 1.86. The zero-order valence-corrected chi connectivity index (χ0v) is 10.4. The van der Waals surface area contributed by atoms with Crippen LogP contribution in [0.15, 0.2) is 40.4 Å². The van der Waals surface area contributed by atoms with E-state index in [-0.39, 0.29) is 0 Å². The van der Waals surface area contributed by atoms with Crippen molar-refractivity contribution in [1.29, 1.82) is 0 Å². The third-order valence-corrected chi connectivity index (χ3v) is 3.90. The minimum Gasteiger partial charge on any atom is -0.365 e. The molecular formula is C13H15N3S. The molecule has 0 saturated heterocycles. The first kappa shape index (κ1) is 10.7. The molecule has 88 valence electrons. The zero-order valence-electron chi connectivity index (χ0n) is 9.57. The molecule has 0 bridgehead atoms. The molecule has 0 radical (unpaired) electrons. The van der Waals surface area contributed by atoms with Crippen molar-refractivity contribution in [3.63, 3.8) is 0 Å². The van der Waals surface area contributed by atoms with E-state index in [0.29, 0.717) is 0 Å². The predicted octanol–water partition coefficient (Wildman–Crippen LogP) is 3.00. The van der Waals surface area contributed by atoms with E-state index in [2.05, 4.69) is 45.8 Å². The lowest BCUT2D eigenvalue weighted by Crippen LogP contribution is -2.19. The maximum absolute atomic E-state index is 4.56. The Kier molecular flexibility index (Phi) is 3.05. The highest BCUT2D eigenvalue weighted by Gasteiger charge is 2.09. The highest BCUT2D eigenvalue weighted by atomic mass is 32.2. The van der Waals surface area contributed by atoms with E-state index >= 15 is 0 Å². The van der Waals surface area contributed by atoms with Gasteiger partial charge >= 0.3 is 0 Å². The lowest BCUT2D eigenvalue weighted by Gasteiger charge is -2.04. The number of thioether (sulfide) groups is 1. The van der Waals surface area contributed by atoms with Gasteiger partial charge in [0.15, 0.2) is 5.17 Å². The summed E-state index contributed by atoms with van der Waals surface area (Å²) in [5.74, 6) is 0. The second-order valence-electron chi connectivity index (χ2n) is 4.12. The molecule has 17 heavy (non-hydrogen) atoms. The monoisotopic (exact) mass is 245 g/mol. The Morgan fingerprint density at radius 2 is 2.12 bits per heavy atom. The first-order valence-electron chi connectivity index (χ1n) is 5.96. The topological polar surface area (TPSA) is 40.2 Å². The van der Waals surface area contributed by atoms with Crippen LogP contribution in [-0.4, -0.2) is 23.2 Å². The number of H-pyrrole nitrogens is 1. The Morgan fingerprint density at radius 3 is 3.12 bits per heavy atom. The smallest absolute Gasteiger partial charge is 0.161 e.